The Bertz CT molecular complexity index is 334. The van der Waals surface area contributed by atoms with Gasteiger partial charge in [0.2, 0.25) is 0 Å². The van der Waals surface area contributed by atoms with E-state index in [1.165, 1.54) is 0 Å². The topological polar surface area (TPSA) is 96.7 Å². The Kier molecular flexibility index (Phi) is 16.0. The van der Waals surface area contributed by atoms with Crippen LogP contribution in [0, 0.1) is 0 Å². The van der Waals surface area contributed by atoms with Crippen LogP contribution >= 0.6 is 0 Å². The van der Waals surface area contributed by atoms with E-state index < -0.39 is 17.6 Å². The van der Waals surface area contributed by atoms with Crippen LogP contribution in [0.25, 0.3) is 0 Å². The molecule has 9 nitrogen and oxygen atoms in total. The maximum atomic E-state index is 5.75. The Morgan fingerprint density at radius 1 is 0.667 bits per heavy atom. The lowest BCUT2D eigenvalue weighted by Crippen LogP contribution is -2.44. The van der Waals surface area contributed by atoms with Crippen LogP contribution in [-0.4, -0.2) is 104 Å². The third-order valence-corrected chi connectivity index (χ3v) is 10.4. The molecule has 0 aliphatic heterocycles. The number of hydrogen-bond donors (Lipinski definition) is 2. The summed E-state index contributed by atoms with van der Waals surface area (Å²) in [6.07, 6.45) is 1.90. The number of rotatable bonds is 19. The summed E-state index contributed by atoms with van der Waals surface area (Å²) >= 11 is 0. The van der Waals surface area contributed by atoms with Crippen molar-refractivity contribution in [2.45, 2.75) is 24.9 Å². The van der Waals surface area contributed by atoms with E-state index in [2.05, 4.69) is 10.2 Å². The average Bonchev–Trinajstić information content (AvgIpc) is 2.71. The van der Waals surface area contributed by atoms with Gasteiger partial charge < -0.3 is 42.5 Å². The quantitative estimate of drug-likeness (QED) is 0.224. The zero-order valence-electron chi connectivity index (χ0n) is 18.0. The highest BCUT2D eigenvalue weighted by Gasteiger charge is 2.37. The van der Waals surface area contributed by atoms with Crippen LogP contribution in [0.3, 0.4) is 0 Å². The fourth-order valence-corrected chi connectivity index (χ4v) is 6.37. The second-order valence-electron chi connectivity index (χ2n) is 6.18. The molecule has 0 aromatic rings. The minimum Gasteiger partial charge on any atom is -0.377 e. The standard InChI is InChI=1S/C16H41N3O6Si2/c1-20-26(21-2,22-3)15-7-10-18-11-14-19(13-9-17)12-8-16-27(23-4,24-5)25-6/h18H,7-17H2,1-6H3. The summed E-state index contributed by atoms with van der Waals surface area (Å²) in [5.74, 6) is 0. The van der Waals surface area contributed by atoms with Crippen molar-refractivity contribution in [2.24, 2.45) is 5.73 Å². The highest BCUT2D eigenvalue weighted by Crippen LogP contribution is 2.15. The molecule has 0 rings (SSSR count). The highest BCUT2D eigenvalue weighted by molar-refractivity contribution is 6.60. The molecule has 11 heteroatoms. The predicted molar refractivity (Wildman–Crippen MR) is 111 cm³/mol. The van der Waals surface area contributed by atoms with E-state index in [1.54, 1.807) is 42.7 Å². The monoisotopic (exact) mass is 427 g/mol. The third-order valence-electron chi connectivity index (χ3n) is 4.71. The largest absolute Gasteiger partial charge is 0.500 e. The SMILES string of the molecule is CO[Si](CCCNCCN(CCN)CCC[Si](OC)(OC)OC)(OC)OC. The molecule has 27 heavy (non-hydrogen) atoms. The zero-order chi connectivity index (χ0) is 20.6. The fraction of sp³-hybridized carbons (Fsp3) is 1.00. The van der Waals surface area contributed by atoms with Gasteiger partial charge >= 0.3 is 17.6 Å². The smallest absolute Gasteiger partial charge is 0.377 e. The number of nitrogens with one attached hydrogen (secondary N) is 1. The second-order valence-corrected chi connectivity index (χ2v) is 12.4. The van der Waals surface area contributed by atoms with Crippen LogP contribution < -0.4 is 11.1 Å². The van der Waals surface area contributed by atoms with Crippen LogP contribution in [0.5, 0.6) is 0 Å². The summed E-state index contributed by atoms with van der Waals surface area (Å²) in [6.45, 7) is 5.20. The first-order valence-corrected chi connectivity index (χ1v) is 13.3. The molecule has 0 amide bonds. The second kappa shape index (κ2) is 15.9. The van der Waals surface area contributed by atoms with Gasteiger partial charge in [0.05, 0.1) is 0 Å². The Morgan fingerprint density at radius 3 is 1.59 bits per heavy atom. The molecule has 0 aromatic heterocycles. The average molecular weight is 428 g/mol. The van der Waals surface area contributed by atoms with Crippen molar-refractivity contribution in [3.8, 4) is 0 Å². The van der Waals surface area contributed by atoms with Gasteiger partial charge in [-0.1, -0.05) is 0 Å². The van der Waals surface area contributed by atoms with E-state index in [0.29, 0.717) is 6.54 Å². The Morgan fingerprint density at radius 2 is 1.15 bits per heavy atom. The van der Waals surface area contributed by atoms with Crippen molar-refractivity contribution in [1.29, 1.82) is 0 Å². The summed E-state index contributed by atoms with van der Waals surface area (Å²) in [6, 6.07) is 1.59. The predicted octanol–water partition coefficient (Wildman–Crippen LogP) is 0.373. The summed E-state index contributed by atoms with van der Waals surface area (Å²) < 4.78 is 32.7. The van der Waals surface area contributed by atoms with Crippen molar-refractivity contribution in [1.82, 2.24) is 10.2 Å². The summed E-state index contributed by atoms with van der Waals surface area (Å²) in [7, 11) is 4.93. The molecule has 0 atom stereocenters. The molecule has 0 heterocycles. The molecule has 0 saturated heterocycles. The van der Waals surface area contributed by atoms with Gasteiger partial charge in [0.25, 0.3) is 0 Å². The molecule has 164 valence electrons. The minimum absolute atomic E-state index is 0.644. The molecule has 0 aromatic carbocycles. The first-order valence-electron chi connectivity index (χ1n) is 9.45. The lowest BCUT2D eigenvalue weighted by molar-refractivity contribution is 0.121. The van der Waals surface area contributed by atoms with Crippen LogP contribution in [0.2, 0.25) is 12.1 Å². The van der Waals surface area contributed by atoms with Gasteiger partial charge in [-0.2, -0.15) is 0 Å². The van der Waals surface area contributed by atoms with Gasteiger partial charge in [0.15, 0.2) is 0 Å². The van der Waals surface area contributed by atoms with E-state index in [1.807, 2.05) is 0 Å². The molecule has 0 bridgehead atoms. The van der Waals surface area contributed by atoms with Crippen molar-refractivity contribution < 1.29 is 26.6 Å². The van der Waals surface area contributed by atoms with Crippen molar-refractivity contribution in [2.75, 3.05) is 81.9 Å². The molecular formula is C16H41N3O6Si2. The van der Waals surface area contributed by atoms with Crippen LogP contribution in [-0.2, 0) is 26.6 Å². The van der Waals surface area contributed by atoms with E-state index >= 15 is 0 Å². The maximum absolute atomic E-state index is 5.75. The van der Waals surface area contributed by atoms with Gasteiger partial charge in [-0.15, -0.1) is 0 Å². The Balaban J connectivity index is 4.08. The number of hydrogen-bond acceptors (Lipinski definition) is 9. The van der Waals surface area contributed by atoms with E-state index in [4.69, 9.17) is 32.3 Å². The highest BCUT2D eigenvalue weighted by atomic mass is 28.4. The summed E-state index contributed by atoms with van der Waals surface area (Å²) in [4.78, 5) is 2.35. The van der Waals surface area contributed by atoms with E-state index in [0.717, 1.165) is 57.7 Å². The summed E-state index contributed by atoms with van der Waals surface area (Å²) in [5, 5.41) is 3.47. The van der Waals surface area contributed by atoms with Crippen LogP contribution in [0.4, 0.5) is 0 Å². The first-order chi connectivity index (χ1) is 13.0. The number of nitrogens with zero attached hydrogens (tertiary/aromatic N) is 1. The van der Waals surface area contributed by atoms with E-state index in [-0.39, 0.29) is 0 Å². The molecule has 0 aliphatic rings. The molecular weight excluding hydrogens is 386 g/mol. The Hall–Kier alpha value is 0.0738. The van der Waals surface area contributed by atoms with Gasteiger partial charge in [0, 0.05) is 80.9 Å². The summed E-state index contributed by atoms with van der Waals surface area (Å²) in [5.41, 5.74) is 5.75. The molecule has 0 spiro atoms. The van der Waals surface area contributed by atoms with Gasteiger partial charge in [-0.25, -0.2) is 0 Å². The van der Waals surface area contributed by atoms with Crippen LogP contribution in [0.1, 0.15) is 12.8 Å². The van der Waals surface area contributed by atoms with Gasteiger partial charge in [-0.3, -0.25) is 0 Å². The normalized spacial score (nSPS) is 12.9. The van der Waals surface area contributed by atoms with E-state index in [9.17, 15) is 0 Å². The lowest BCUT2D eigenvalue weighted by Gasteiger charge is -2.27. The molecule has 0 radical (unpaired) electrons. The fourth-order valence-electron chi connectivity index (χ4n) is 2.94. The van der Waals surface area contributed by atoms with Crippen molar-refractivity contribution in [3.63, 3.8) is 0 Å². The number of nitrogens with two attached hydrogens (primary N) is 1. The van der Waals surface area contributed by atoms with Gasteiger partial charge in [0.1, 0.15) is 0 Å². The first kappa shape index (κ1) is 27.1. The van der Waals surface area contributed by atoms with Crippen molar-refractivity contribution in [3.05, 3.63) is 0 Å². The van der Waals surface area contributed by atoms with Gasteiger partial charge in [-0.05, 0) is 25.9 Å². The molecule has 0 fully saturated rings. The lowest BCUT2D eigenvalue weighted by atomic mass is 10.3. The Labute approximate surface area is 167 Å². The molecule has 0 unspecified atom stereocenters. The maximum Gasteiger partial charge on any atom is 0.500 e. The molecule has 0 aliphatic carbocycles. The third kappa shape index (κ3) is 10.4. The molecule has 0 saturated carbocycles. The minimum atomic E-state index is -2.49. The van der Waals surface area contributed by atoms with Crippen molar-refractivity contribution >= 4 is 17.6 Å². The van der Waals surface area contributed by atoms with Crippen LogP contribution in [0.15, 0.2) is 0 Å². The molecule has 3 N–H and O–H groups in total. The zero-order valence-corrected chi connectivity index (χ0v) is 20.0.